The van der Waals surface area contributed by atoms with E-state index in [0.29, 0.717) is 18.3 Å². The lowest BCUT2D eigenvalue weighted by Crippen LogP contribution is -2.63. The van der Waals surface area contributed by atoms with Crippen molar-refractivity contribution in [3.63, 3.8) is 0 Å². The molecule has 5 saturated carbocycles. The van der Waals surface area contributed by atoms with Crippen molar-refractivity contribution >= 4 is 5.97 Å². The molecular formula is C32H48O7. The van der Waals surface area contributed by atoms with Gasteiger partial charge in [0.25, 0.3) is 0 Å². The van der Waals surface area contributed by atoms with Crippen molar-refractivity contribution in [2.75, 3.05) is 0 Å². The highest BCUT2D eigenvalue weighted by molar-refractivity contribution is 5.66. The van der Waals surface area contributed by atoms with Crippen LogP contribution in [0, 0.1) is 50.7 Å². The number of esters is 1. The molecule has 5 aliphatic carbocycles. The summed E-state index contributed by atoms with van der Waals surface area (Å²) >= 11 is 0. The Kier molecular flexibility index (Phi) is 4.70. The maximum absolute atomic E-state index is 12.7. The molecule has 3 saturated heterocycles. The Morgan fingerprint density at radius 1 is 0.897 bits per heavy atom. The Morgan fingerprint density at radius 2 is 1.62 bits per heavy atom. The fraction of sp³-hybridized carbons (Fsp3) is 0.969. The van der Waals surface area contributed by atoms with E-state index in [-0.39, 0.29) is 69.3 Å². The molecule has 2 N–H and O–H groups in total. The molecule has 0 aromatic carbocycles. The number of hydrogen-bond acceptors (Lipinski definition) is 7. The third-order valence-corrected chi connectivity index (χ3v) is 15.0. The van der Waals surface area contributed by atoms with E-state index in [4.69, 9.17) is 18.9 Å². The molecule has 0 aromatic rings. The van der Waals surface area contributed by atoms with Crippen LogP contribution in [0.3, 0.4) is 0 Å². The minimum atomic E-state index is -0.968. The van der Waals surface area contributed by atoms with Crippen LogP contribution < -0.4 is 0 Å². The summed E-state index contributed by atoms with van der Waals surface area (Å²) < 4.78 is 25.6. The first-order valence-electron chi connectivity index (χ1n) is 15.7. The largest absolute Gasteiger partial charge is 0.462 e. The maximum atomic E-state index is 12.7. The zero-order valence-electron chi connectivity index (χ0n) is 24.8. The zero-order valence-corrected chi connectivity index (χ0v) is 24.8. The van der Waals surface area contributed by atoms with Crippen molar-refractivity contribution in [2.24, 2.45) is 50.7 Å². The minimum absolute atomic E-state index is 0.0345. The van der Waals surface area contributed by atoms with E-state index in [0.717, 1.165) is 25.7 Å². The van der Waals surface area contributed by atoms with Gasteiger partial charge in [0, 0.05) is 18.8 Å². The Labute approximate surface area is 232 Å². The number of fused-ring (bicyclic) bond motifs is 6. The van der Waals surface area contributed by atoms with Gasteiger partial charge in [0.2, 0.25) is 5.79 Å². The van der Waals surface area contributed by atoms with Gasteiger partial charge in [-0.25, -0.2) is 0 Å². The van der Waals surface area contributed by atoms with Gasteiger partial charge in [-0.05, 0) is 97.2 Å². The highest BCUT2D eigenvalue weighted by Gasteiger charge is 2.86. The fourth-order valence-electron chi connectivity index (χ4n) is 13.3. The zero-order chi connectivity index (χ0) is 27.8. The second-order valence-corrected chi connectivity index (χ2v) is 16.6. The van der Waals surface area contributed by atoms with Crippen LogP contribution in [-0.4, -0.2) is 58.3 Å². The summed E-state index contributed by atoms with van der Waals surface area (Å²) in [7, 11) is 0. The third kappa shape index (κ3) is 2.65. The highest BCUT2D eigenvalue weighted by atomic mass is 16.8. The lowest BCUT2D eigenvalue weighted by Gasteiger charge is -2.65. The summed E-state index contributed by atoms with van der Waals surface area (Å²) in [6, 6.07) is 0. The molecule has 15 atom stereocenters. The van der Waals surface area contributed by atoms with Gasteiger partial charge in [0.05, 0.1) is 12.2 Å². The second-order valence-electron chi connectivity index (χ2n) is 16.6. The average molecular weight is 545 g/mol. The molecule has 7 heteroatoms. The Hall–Kier alpha value is -0.730. The molecule has 0 bridgehead atoms. The van der Waals surface area contributed by atoms with Gasteiger partial charge in [-0.3, -0.25) is 4.79 Å². The normalized spacial score (nSPS) is 65.1. The van der Waals surface area contributed by atoms with Crippen molar-refractivity contribution in [1.29, 1.82) is 0 Å². The summed E-state index contributed by atoms with van der Waals surface area (Å²) in [5.74, 6) is 0.475. The van der Waals surface area contributed by atoms with Gasteiger partial charge in [-0.2, -0.15) is 0 Å². The lowest BCUT2D eigenvalue weighted by molar-refractivity contribution is -0.346. The van der Waals surface area contributed by atoms with E-state index >= 15 is 0 Å². The van der Waals surface area contributed by atoms with E-state index in [9.17, 15) is 15.0 Å². The molecule has 3 spiro atoms. The van der Waals surface area contributed by atoms with Gasteiger partial charge < -0.3 is 29.2 Å². The molecule has 0 aromatic heterocycles. The molecule has 7 nitrogen and oxygen atoms in total. The van der Waals surface area contributed by atoms with E-state index in [2.05, 4.69) is 34.6 Å². The number of rotatable bonds is 1. The highest BCUT2D eigenvalue weighted by Crippen LogP contribution is 2.89. The predicted molar refractivity (Wildman–Crippen MR) is 141 cm³/mol. The molecule has 8 fully saturated rings. The smallest absolute Gasteiger partial charge is 0.302 e. The Balaban J connectivity index is 1.21. The first kappa shape index (κ1) is 25.9. The van der Waals surface area contributed by atoms with E-state index in [1.54, 1.807) is 6.92 Å². The second kappa shape index (κ2) is 7.07. The Morgan fingerprint density at radius 3 is 2.26 bits per heavy atom. The van der Waals surface area contributed by atoms with Crippen LogP contribution in [-0.2, 0) is 23.7 Å². The van der Waals surface area contributed by atoms with Crippen LogP contribution in [0.25, 0.3) is 0 Å². The number of carbonyl (C=O) groups excluding carboxylic acids is 1. The SMILES string of the molecule is CC(=O)O[C@@H]1C[C@@]23C[C@@]24CC[C@H](O)C(C)(C)[C@@H]4CC[C@@H]3[C@]2(C)C[C@@H]3O[C@]4(C[C@@H](C)[C@@H]3[C@@]12C)O[C@H](O)[C@@]1(C)O[C@@H]41. The summed E-state index contributed by atoms with van der Waals surface area (Å²) in [5.41, 5.74) is -0.630. The number of aliphatic hydroxyl groups excluding tert-OH is 2. The van der Waals surface area contributed by atoms with Gasteiger partial charge >= 0.3 is 5.97 Å². The van der Waals surface area contributed by atoms with E-state index < -0.39 is 17.7 Å². The molecule has 8 aliphatic rings. The summed E-state index contributed by atoms with van der Waals surface area (Å²) in [5, 5.41) is 21.7. The lowest BCUT2D eigenvalue weighted by atomic mass is 9.41. The molecule has 8 rings (SSSR count). The number of ether oxygens (including phenoxy) is 4. The van der Waals surface area contributed by atoms with Crippen LogP contribution in [0.15, 0.2) is 0 Å². The van der Waals surface area contributed by atoms with Crippen molar-refractivity contribution in [3.05, 3.63) is 0 Å². The molecular weight excluding hydrogens is 496 g/mol. The predicted octanol–water partition coefficient (Wildman–Crippen LogP) is 4.57. The maximum Gasteiger partial charge on any atom is 0.302 e. The van der Waals surface area contributed by atoms with Crippen molar-refractivity contribution in [1.82, 2.24) is 0 Å². The van der Waals surface area contributed by atoms with Crippen LogP contribution >= 0.6 is 0 Å². The minimum Gasteiger partial charge on any atom is -0.462 e. The molecule has 0 radical (unpaired) electrons. The number of hydrogen-bond donors (Lipinski definition) is 2. The standard InChI is InChI=1S/C32H48O7/c1-16-12-32(24-29(7,38-24)25(35)39-32)37-18-13-27(5)20-9-8-19-26(3,4)21(34)10-11-30(19)15-31(20,30)14-22(36-17(2)33)28(27,6)23(16)18/h16,18-25,34-35H,8-15H2,1-7H3/t16-,18+,19+,20-,21+,22-,23+,24-,25+,27+,28-,29+,30-,31+,32-/m1/s1. The van der Waals surface area contributed by atoms with E-state index in [1.807, 2.05) is 6.92 Å². The van der Waals surface area contributed by atoms with Gasteiger partial charge in [0.1, 0.15) is 17.8 Å². The van der Waals surface area contributed by atoms with Crippen molar-refractivity contribution in [3.8, 4) is 0 Å². The average Bonchev–Trinajstić information content (AvgIpc) is 3.67. The molecule has 0 unspecified atom stereocenters. The molecule has 0 amide bonds. The fourth-order valence-corrected chi connectivity index (χ4v) is 13.3. The summed E-state index contributed by atoms with van der Waals surface area (Å²) in [4.78, 5) is 12.7. The van der Waals surface area contributed by atoms with Crippen molar-refractivity contribution in [2.45, 2.75) is 142 Å². The topological polar surface area (TPSA) is 97.8 Å². The van der Waals surface area contributed by atoms with Crippen LogP contribution in [0.4, 0.5) is 0 Å². The molecule has 39 heavy (non-hydrogen) atoms. The van der Waals surface area contributed by atoms with Crippen LogP contribution in [0.2, 0.25) is 0 Å². The summed E-state index contributed by atoms with van der Waals surface area (Å²) in [6.07, 6.45) is 6.39. The van der Waals surface area contributed by atoms with Gasteiger partial charge in [-0.1, -0.05) is 34.6 Å². The molecule has 3 heterocycles. The first-order chi connectivity index (χ1) is 18.1. The van der Waals surface area contributed by atoms with Crippen LogP contribution in [0.5, 0.6) is 0 Å². The molecule has 218 valence electrons. The third-order valence-electron chi connectivity index (χ3n) is 15.0. The number of epoxide rings is 1. The molecule has 3 aliphatic heterocycles. The Bertz CT molecular complexity index is 1140. The first-order valence-corrected chi connectivity index (χ1v) is 15.7. The van der Waals surface area contributed by atoms with Crippen molar-refractivity contribution < 1.29 is 34.0 Å². The van der Waals surface area contributed by atoms with Gasteiger partial charge in [-0.15, -0.1) is 0 Å². The summed E-state index contributed by atoms with van der Waals surface area (Å²) in [6.45, 7) is 15.3. The van der Waals surface area contributed by atoms with E-state index in [1.165, 1.54) is 19.3 Å². The number of carbonyl (C=O) groups is 1. The van der Waals surface area contributed by atoms with Crippen LogP contribution in [0.1, 0.15) is 99.8 Å². The number of aliphatic hydroxyl groups is 2. The quantitative estimate of drug-likeness (QED) is 0.369. The van der Waals surface area contributed by atoms with Gasteiger partial charge in [0.15, 0.2) is 6.29 Å². The monoisotopic (exact) mass is 544 g/mol.